The van der Waals surface area contributed by atoms with Gasteiger partial charge in [0.15, 0.2) is 11.8 Å². The van der Waals surface area contributed by atoms with Crippen molar-refractivity contribution >= 4 is 40.8 Å². The molecule has 0 aliphatic carbocycles. The largest absolute Gasteiger partial charge is 0.448 e. The fourth-order valence-electron chi connectivity index (χ4n) is 1.61. The number of carbonyl (C=O) groups excluding carboxylic acids is 2. The predicted molar refractivity (Wildman–Crippen MR) is 86.7 cm³/mol. The van der Waals surface area contributed by atoms with Crippen LogP contribution in [0.3, 0.4) is 0 Å². The molecule has 1 aromatic heterocycles. The van der Waals surface area contributed by atoms with Gasteiger partial charge >= 0.3 is 5.97 Å². The zero-order chi connectivity index (χ0) is 17.0. The summed E-state index contributed by atoms with van der Waals surface area (Å²) in [6, 6.07) is 4.83. The van der Waals surface area contributed by atoms with Gasteiger partial charge in [0.2, 0.25) is 0 Å². The number of nitrogens with zero attached hydrogens (tertiary/aromatic N) is 2. The summed E-state index contributed by atoms with van der Waals surface area (Å²) >= 11 is 11.9. The van der Waals surface area contributed by atoms with Crippen LogP contribution in [0.15, 0.2) is 30.6 Å². The minimum absolute atomic E-state index is 0.0241. The van der Waals surface area contributed by atoms with Gasteiger partial charge in [-0.15, -0.1) is 0 Å². The van der Waals surface area contributed by atoms with Crippen LogP contribution < -0.4 is 5.32 Å². The van der Waals surface area contributed by atoms with Crippen LogP contribution >= 0.6 is 23.2 Å². The van der Waals surface area contributed by atoms with Crippen LogP contribution in [0.5, 0.6) is 0 Å². The molecule has 0 aliphatic rings. The Morgan fingerprint density at radius 3 is 2.61 bits per heavy atom. The lowest BCUT2D eigenvalue weighted by Gasteiger charge is -2.14. The zero-order valence-electron chi connectivity index (χ0n) is 12.3. The average molecular weight is 354 g/mol. The van der Waals surface area contributed by atoms with Crippen LogP contribution in [0.2, 0.25) is 10.0 Å². The van der Waals surface area contributed by atoms with Crippen molar-refractivity contribution in [2.24, 2.45) is 0 Å². The molecule has 1 aromatic carbocycles. The van der Waals surface area contributed by atoms with Crippen LogP contribution in [0, 0.1) is 6.92 Å². The van der Waals surface area contributed by atoms with Crippen molar-refractivity contribution in [1.82, 2.24) is 9.97 Å². The number of anilines is 1. The van der Waals surface area contributed by atoms with Crippen molar-refractivity contribution in [3.05, 3.63) is 52.0 Å². The molecule has 1 amide bonds. The molecular weight excluding hydrogens is 341 g/mol. The molecule has 1 N–H and O–H groups in total. The first kappa shape index (κ1) is 17.2. The van der Waals surface area contributed by atoms with E-state index in [1.165, 1.54) is 19.3 Å². The number of esters is 1. The second-order valence-corrected chi connectivity index (χ2v) is 5.47. The normalized spacial score (nSPS) is 11.7. The molecule has 23 heavy (non-hydrogen) atoms. The Morgan fingerprint density at radius 2 is 1.96 bits per heavy atom. The van der Waals surface area contributed by atoms with E-state index < -0.39 is 18.0 Å². The summed E-state index contributed by atoms with van der Waals surface area (Å²) in [6.07, 6.45) is 1.68. The number of rotatable bonds is 4. The lowest BCUT2D eigenvalue weighted by atomic mass is 10.3. The second-order valence-electron chi connectivity index (χ2n) is 4.68. The van der Waals surface area contributed by atoms with Crippen molar-refractivity contribution in [2.75, 3.05) is 5.32 Å². The Balaban J connectivity index is 2.01. The number of amides is 1. The molecular formula is C15H13Cl2N3O3. The maximum atomic E-state index is 12.1. The van der Waals surface area contributed by atoms with Gasteiger partial charge in [-0.05, 0) is 26.0 Å². The summed E-state index contributed by atoms with van der Waals surface area (Å²) in [5, 5.41) is 3.07. The van der Waals surface area contributed by atoms with Crippen LogP contribution in [-0.2, 0) is 9.53 Å². The van der Waals surface area contributed by atoms with E-state index >= 15 is 0 Å². The minimum atomic E-state index is -1.04. The molecule has 2 aromatic rings. The Kier molecular flexibility index (Phi) is 5.52. The summed E-state index contributed by atoms with van der Waals surface area (Å²) in [5.74, 6) is -1.28. The number of hydrogen-bond donors (Lipinski definition) is 1. The molecule has 1 atom stereocenters. The lowest BCUT2D eigenvalue weighted by Crippen LogP contribution is -2.30. The predicted octanol–water partition coefficient (Wildman–Crippen LogP) is 3.28. The molecule has 0 saturated heterocycles. The molecule has 120 valence electrons. The van der Waals surface area contributed by atoms with Gasteiger partial charge in [-0.2, -0.15) is 0 Å². The Hall–Kier alpha value is -2.18. The standard InChI is InChI=1S/C15H13Cl2N3O3/c1-8-6-19-12(7-18-8)15(22)23-9(2)14(21)20-11-5-3-4-10(16)13(11)17/h3-7,9H,1-2H3,(H,20,21). The second kappa shape index (κ2) is 7.39. The van der Waals surface area contributed by atoms with Gasteiger partial charge in [0.25, 0.3) is 5.91 Å². The van der Waals surface area contributed by atoms with E-state index in [-0.39, 0.29) is 10.7 Å². The van der Waals surface area contributed by atoms with Crippen LogP contribution in [0.4, 0.5) is 5.69 Å². The Morgan fingerprint density at radius 1 is 1.22 bits per heavy atom. The summed E-state index contributed by atoms with van der Waals surface area (Å²) in [6.45, 7) is 3.18. The minimum Gasteiger partial charge on any atom is -0.448 e. The molecule has 0 saturated carbocycles. The number of halogens is 2. The number of benzene rings is 1. The van der Waals surface area contributed by atoms with Crippen LogP contribution in [-0.4, -0.2) is 27.9 Å². The summed E-state index contributed by atoms with van der Waals surface area (Å²) in [4.78, 5) is 31.8. The van der Waals surface area contributed by atoms with E-state index in [4.69, 9.17) is 27.9 Å². The van der Waals surface area contributed by atoms with Gasteiger partial charge in [0, 0.05) is 6.20 Å². The van der Waals surface area contributed by atoms with Gasteiger partial charge in [0.05, 0.1) is 27.6 Å². The van der Waals surface area contributed by atoms with Crippen LogP contribution in [0.25, 0.3) is 0 Å². The van der Waals surface area contributed by atoms with Crippen molar-refractivity contribution in [3.63, 3.8) is 0 Å². The van der Waals surface area contributed by atoms with Crippen molar-refractivity contribution in [3.8, 4) is 0 Å². The third kappa shape index (κ3) is 4.40. The average Bonchev–Trinajstić information content (AvgIpc) is 2.52. The van der Waals surface area contributed by atoms with Gasteiger partial charge < -0.3 is 10.1 Å². The van der Waals surface area contributed by atoms with Crippen molar-refractivity contribution < 1.29 is 14.3 Å². The zero-order valence-corrected chi connectivity index (χ0v) is 13.9. The fraction of sp³-hybridized carbons (Fsp3) is 0.200. The SMILES string of the molecule is Cc1cnc(C(=O)OC(C)C(=O)Nc2cccc(Cl)c2Cl)cn1. The Labute approximate surface area is 142 Å². The van der Waals surface area contributed by atoms with E-state index in [0.29, 0.717) is 16.4 Å². The van der Waals surface area contributed by atoms with E-state index in [9.17, 15) is 9.59 Å². The van der Waals surface area contributed by atoms with E-state index in [1.807, 2.05) is 0 Å². The van der Waals surface area contributed by atoms with Gasteiger partial charge in [-0.25, -0.2) is 9.78 Å². The quantitative estimate of drug-likeness (QED) is 0.853. The van der Waals surface area contributed by atoms with E-state index in [1.54, 1.807) is 25.1 Å². The molecule has 0 aliphatic heterocycles. The number of aryl methyl sites for hydroxylation is 1. The third-order valence-corrected chi connectivity index (χ3v) is 3.67. The lowest BCUT2D eigenvalue weighted by molar-refractivity contribution is -0.123. The third-order valence-electron chi connectivity index (χ3n) is 2.85. The smallest absolute Gasteiger partial charge is 0.359 e. The van der Waals surface area contributed by atoms with Crippen molar-refractivity contribution in [2.45, 2.75) is 20.0 Å². The highest BCUT2D eigenvalue weighted by Gasteiger charge is 2.21. The van der Waals surface area contributed by atoms with Gasteiger partial charge in [0.1, 0.15) is 0 Å². The molecule has 6 nitrogen and oxygen atoms in total. The van der Waals surface area contributed by atoms with Gasteiger partial charge in [-0.3, -0.25) is 9.78 Å². The highest BCUT2D eigenvalue weighted by molar-refractivity contribution is 6.44. The first-order valence-corrected chi connectivity index (χ1v) is 7.38. The molecule has 8 heteroatoms. The molecule has 1 heterocycles. The monoisotopic (exact) mass is 353 g/mol. The highest BCUT2D eigenvalue weighted by Crippen LogP contribution is 2.29. The Bertz CT molecular complexity index is 735. The highest BCUT2D eigenvalue weighted by atomic mass is 35.5. The fourth-order valence-corrected chi connectivity index (χ4v) is 1.95. The first-order valence-electron chi connectivity index (χ1n) is 6.63. The molecule has 0 radical (unpaired) electrons. The van der Waals surface area contributed by atoms with Crippen LogP contribution in [0.1, 0.15) is 23.1 Å². The summed E-state index contributed by atoms with van der Waals surface area (Å²) in [7, 11) is 0. The topological polar surface area (TPSA) is 81.2 Å². The number of carbonyl (C=O) groups is 2. The number of ether oxygens (including phenoxy) is 1. The maximum Gasteiger partial charge on any atom is 0.359 e. The number of hydrogen-bond acceptors (Lipinski definition) is 5. The van der Waals surface area contributed by atoms with Crippen molar-refractivity contribution in [1.29, 1.82) is 0 Å². The molecule has 0 fully saturated rings. The summed E-state index contributed by atoms with van der Waals surface area (Å²) < 4.78 is 5.05. The first-order chi connectivity index (χ1) is 10.9. The molecule has 0 bridgehead atoms. The molecule has 0 spiro atoms. The van der Waals surface area contributed by atoms with E-state index in [0.717, 1.165) is 0 Å². The maximum absolute atomic E-state index is 12.1. The number of aromatic nitrogens is 2. The molecule has 2 rings (SSSR count). The molecule has 1 unspecified atom stereocenters. The van der Waals surface area contributed by atoms with Gasteiger partial charge in [-0.1, -0.05) is 29.3 Å². The number of nitrogens with one attached hydrogen (secondary N) is 1. The van der Waals surface area contributed by atoms with E-state index in [2.05, 4.69) is 15.3 Å². The summed E-state index contributed by atoms with van der Waals surface area (Å²) in [5.41, 5.74) is 1.03.